The molecule has 0 amide bonds. The average Bonchev–Trinajstić information content (AvgIpc) is 2.67. The van der Waals surface area contributed by atoms with Crippen molar-refractivity contribution in [3.63, 3.8) is 0 Å². The van der Waals surface area contributed by atoms with E-state index >= 15 is 0 Å². The second-order valence-corrected chi connectivity index (χ2v) is 6.58. The van der Waals surface area contributed by atoms with E-state index in [2.05, 4.69) is 5.32 Å². The highest BCUT2D eigenvalue weighted by molar-refractivity contribution is 7.99. The molecule has 0 radical (unpaired) electrons. The summed E-state index contributed by atoms with van der Waals surface area (Å²) in [5.41, 5.74) is 6.70. The van der Waals surface area contributed by atoms with E-state index in [9.17, 15) is 4.79 Å². The van der Waals surface area contributed by atoms with E-state index in [0.29, 0.717) is 16.6 Å². The van der Waals surface area contributed by atoms with Gasteiger partial charge < -0.3 is 11.1 Å². The molecule has 1 heterocycles. The fourth-order valence-electron chi connectivity index (χ4n) is 2.42. The van der Waals surface area contributed by atoms with Crippen LogP contribution in [0, 0.1) is 0 Å². The van der Waals surface area contributed by atoms with E-state index in [1.807, 2.05) is 6.26 Å². The van der Waals surface area contributed by atoms with Crippen molar-refractivity contribution in [1.29, 1.82) is 0 Å². The van der Waals surface area contributed by atoms with Gasteiger partial charge in [-0.3, -0.25) is 4.79 Å². The van der Waals surface area contributed by atoms with Crippen molar-refractivity contribution in [2.75, 3.05) is 17.3 Å². The molecule has 2 rings (SSSR count). The first kappa shape index (κ1) is 13.7. The lowest BCUT2D eigenvalue weighted by molar-refractivity contribution is 0.102. The molecule has 1 aromatic heterocycles. The van der Waals surface area contributed by atoms with Crippen molar-refractivity contribution in [2.24, 2.45) is 0 Å². The molecule has 100 valence electrons. The zero-order valence-electron chi connectivity index (χ0n) is 10.9. The maximum Gasteiger partial charge on any atom is 0.171 e. The van der Waals surface area contributed by atoms with Crippen molar-refractivity contribution in [3.8, 4) is 0 Å². The van der Waals surface area contributed by atoms with Gasteiger partial charge in [0.2, 0.25) is 0 Å². The van der Waals surface area contributed by atoms with Gasteiger partial charge in [-0.15, -0.1) is 23.1 Å². The molecule has 3 nitrogen and oxygen atoms in total. The highest BCUT2D eigenvalue weighted by atomic mass is 32.2. The van der Waals surface area contributed by atoms with E-state index in [-0.39, 0.29) is 5.78 Å². The molecule has 0 bridgehead atoms. The highest BCUT2D eigenvalue weighted by Crippen LogP contribution is 2.42. The number of nitrogens with one attached hydrogen (secondary N) is 1. The normalized spacial score (nSPS) is 16.8. The number of rotatable bonds is 4. The lowest BCUT2D eigenvalue weighted by Gasteiger charge is -2.23. The lowest BCUT2D eigenvalue weighted by atomic mass is 9.96. The van der Waals surface area contributed by atoms with Crippen molar-refractivity contribution in [3.05, 3.63) is 4.88 Å². The van der Waals surface area contributed by atoms with E-state index in [0.717, 1.165) is 9.90 Å². The van der Waals surface area contributed by atoms with Gasteiger partial charge in [-0.05, 0) is 19.1 Å². The number of hydrogen-bond acceptors (Lipinski definition) is 5. The fourth-order valence-corrected chi connectivity index (χ4v) is 4.41. The van der Waals surface area contributed by atoms with Crippen LogP contribution in [0.25, 0.3) is 0 Å². The standard InChI is InChI=1S/C13H20N2OS2/c1-8(16)11-10(14)12(17-2)13(18-11)15-9-6-4-3-5-7-9/h9,15H,3-7,14H2,1-2H3. The van der Waals surface area contributed by atoms with Crippen LogP contribution in [0.1, 0.15) is 48.7 Å². The fraction of sp³-hybridized carbons (Fsp3) is 0.615. The summed E-state index contributed by atoms with van der Waals surface area (Å²) in [5.74, 6) is 0.0597. The van der Waals surface area contributed by atoms with Gasteiger partial charge in [-0.2, -0.15) is 0 Å². The predicted octanol–water partition coefficient (Wildman–Crippen LogP) is 4.00. The molecule has 18 heavy (non-hydrogen) atoms. The van der Waals surface area contributed by atoms with Gasteiger partial charge in [0, 0.05) is 13.0 Å². The smallest absolute Gasteiger partial charge is 0.171 e. The summed E-state index contributed by atoms with van der Waals surface area (Å²) in [4.78, 5) is 13.3. The average molecular weight is 284 g/mol. The first-order chi connectivity index (χ1) is 8.63. The van der Waals surface area contributed by atoms with E-state index in [4.69, 9.17) is 5.73 Å². The monoisotopic (exact) mass is 284 g/mol. The number of Topliss-reactive ketones (excluding diaryl/α,β-unsaturated/α-hetero) is 1. The molecule has 0 unspecified atom stereocenters. The number of nitrogens with two attached hydrogens (primary N) is 1. The molecule has 1 aliphatic rings. The molecule has 1 aliphatic carbocycles. The molecule has 0 aromatic carbocycles. The van der Waals surface area contributed by atoms with Crippen LogP contribution < -0.4 is 11.1 Å². The summed E-state index contributed by atoms with van der Waals surface area (Å²) in [6.07, 6.45) is 8.40. The zero-order chi connectivity index (χ0) is 13.1. The van der Waals surface area contributed by atoms with Crippen LogP contribution in [-0.2, 0) is 0 Å². The maximum absolute atomic E-state index is 11.5. The first-order valence-corrected chi connectivity index (χ1v) is 8.41. The quantitative estimate of drug-likeness (QED) is 0.648. The maximum atomic E-state index is 11.5. The molecule has 3 N–H and O–H groups in total. The third-order valence-electron chi connectivity index (χ3n) is 3.36. The van der Waals surface area contributed by atoms with Gasteiger partial charge in [0.15, 0.2) is 5.78 Å². The molecular weight excluding hydrogens is 264 g/mol. The number of anilines is 2. The van der Waals surface area contributed by atoms with Crippen LogP contribution in [-0.4, -0.2) is 18.1 Å². The molecular formula is C13H20N2OS2. The van der Waals surface area contributed by atoms with E-state index in [1.165, 1.54) is 43.4 Å². The topological polar surface area (TPSA) is 55.1 Å². The molecule has 0 spiro atoms. The summed E-state index contributed by atoms with van der Waals surface area (Å²) in [6, 6.07) is 0.544. The van der Waals surface area contributed by atoms with Crippen LogP contribution >= 0.6 is 23.1 Å². The number of nitrogen functional groups attached to an aromatic ring is 1. The summed E-state index contributed by atoms with van der Waals surface area (Å²) >= 11 is 3.13. The minimum absolute atomic E-state index is 0.0597. The second-order valence-electron chi connectivity index (χ2n) is 4.74. The number of hydrogen-bond donors (Lipinski definition) is 2. The Balaban J connectivity index is 2.20. The summed E-state index contributed by atoms with van der Waals surface area (Å²) < 4.78 is 0. The molecule has 1 saturated carbocycles. The van der Waals surface area contributed by atoms with Gasteiger partial charge in [-0.1, -0.05) is 19.3 Å². The van der Waals surface area contributed by atoms with Crippen molar-refractivity contribution in [2.45, 2.75) is 50.0 Å². The lowest BCUT2D eigenvalue weighted by Crippen LogP contribution is -2.21. The van der Waals surface area contributed by atoms with Crippen LogP contribution in [0.2, 0.25) is 0 Å². The predicted molar refractivity (Wildman–Crippen MR) is 81.0 cm³/mol. The zero-order valence-corrected chi connectivity index (χ0v) is 12.5. The Morgan fingerprint density at radius 1 is 1.39 bits per heavy atom. The van der Waals surface area contributed by atoms with Gasteiger partial charge in [0.05, 0.1) is 15.5 Å². The third-order valence-corrected chi connectivity index (χ3v) is 5.56. The molecule has 1 aromatic rings. The summed E-state index contributed by atoms with van der Waals surface area (Å²) in [5, 5.41) is 4.66. The molecule has 0 saturated heterocycles. The Hall–Kier alpha value is -0.680. The Kier molecular flexibility index (Phi) is 4.56. The first-order valence-electron chi connectivity index (χ1n) is 6.37. The minimum atomic E-state index is 0.0597. The van der Waals surface area contributed by atoms with Crippen molar-refractivity contribution < 1.29 is 4.79 Å². The van der Waals surface area contributed by atoms with Crippen LogP contribution in [0.15, 0.2) is 4.90 Å². The highest BCUT2D eigenvalue weighted by Gasteiger charge is 2.21. The number of thiophene rings is 1. The summed E-state index contributed by atoms with van der Waals surface area (Å²) in [6.45, 7) is 1.58. The van der Waals surface area contributed by atoms with Gasteiger partial charge >= 0.3 is 0 Å². The van der Waals surface area contributed by atoms with Crippen molar-refractivity contribution in [1.82, 2.24) is 0 Å². The van der Waals surface area contributed by atoms with E-state index < -0.39 is 0 Å². The third kappa shape index (κ3) is 2.83. The number of carbonyl (C=O) groups is 1. The van der Waals surface area contributed by atoms with Gasteiger partial charge in [0.25, 0.3) is 0 Å². The Bertz CT molecular complexity index is 436. The Morgan fingerprint density at radius 3 is 2.61 bits per heavy atom. The number of ketones is 1. The Labute approximate surface area is 117 Å². The number of thioether (sulfide) groups is 1. The van der Waals surface area contributed by atoms with Crippen LogP contribution in [0.3, 0.4) is 0 Å². The summed E-state index contributed by atoms with van der Waals surface area (Å²) in [7, 11) is 0. The van der Waals surface area contributed by atoms with Gasteiger partial charge in [-0.25, -0.2) is 0 Å². The minimum Gasteiger partial charge on any atom is -0.396 e. The largest absolute Gasteiger partial charge is 0.396 e. The van der Waals surface area contributed by atoms with E-state index in [1.54, 1.807) is 18.7 Å². The van der Waals surface area contributed by atoms with Crippen molar-refractivity contribution >= 4 is 39.6 Å². The number of carbonyl (C=O) groups excluding carboxylic acids is 1. The molecule has 1 fully saturated rings. The SMILES string of the molecule is CSc1c(NC2CCCCC2)sc(C(C)=O)c1N. The van der Waals surface area contributed by atoms with Crippen LogP contribution in [0.5, 0.6) is 0 Å². The Morgan fingerprint density at radius 2 is 2.06 bits per heavy atom. The molecule has 0 aliphatic heterocycles. The second kappa shape index (κ2) is 5.97. The molecule has 5 heteroatoms. The van der Waals surface area contributed by atoms with Crippen LogP contribution in [0.4, 0.5) is 10.7 Å². The molecule has 0 atom stereocenters. The van der Waals surface area contributed by atoms with Gasteiger partial charge in [0.1, 0.15) is 5.00 Å².